The van der Waals surface area contributed by atoms with Crippen LogP contribution in [0.3, 0.4) is 0 Å². The zero-order valence-electron chi connectivity index (χ0n) is 29.2. The summed E-state index contributed by atoms with van der Waals surface area (Å²) in [5.41, 5.74) is 12.1. The molecule has 238 valence electrons. The van der Waals surface area contributed by atoms with Crippen molar-refractivity contribution in [2.24, 2.45) is 0 Å². The van der Waals surface area contributed by atoms with Crippen LogP contribution in [0.1, 0.15) is 57.3 Å². The Labute approximate surface area is 287 Å². The number of benzene rings is 6. The van der Waals surface area contributed by atoms with Crippen molar-refractivity contribution in [2.75, 3.05) is 0 Å². The molecule has 0 radical (unpaired) electrons. The van der Waals surface area contributed by atoms with Gasteiger partial charge in [0, 0.05) is 0 Å². The van der Waals surface area contributed by atoms with Crippen LogP contribution in [0.5, 0.6) is 0 Å². The van der Waals surface area contributed by atoms with Crippen molar-refractivity contribution in [3.8, 4) is 22.3 Å². The first kappa shape index (κ1) is 31.7. The van der Waals surface area contributed by atoms with Gasteiger partial charge in [0.1, 0.15) is 0 Å². The van der Waals surface area contributed by atoms with Gasteiger partial charge in [-0.3, -0.25) is 0 Å². The Balaban J connectivity index is 1.32. The topological polar surface area (TPSA) is 0 Å². The normalized spacial score (nSPS) is 17.1. The van der Waals surface area contributed by atoms with Crippen LogP contribution in [0.2, 0.25) is 20.4 Å². The van der Waals surface area contributed by atoms with Crippen molar-refractivity contribution in [3.63, 3.8) is 0 Å². The molecule has 0 aromatic heterocycles. The summed E-state index contributed by atoms with van der Waals surface area (Å²) in [6.07, 6.45) is 10.4. The van der Waals surface area contributed by atoms with Gasteiger partial charge in [-0.05, 0) is 0 Å². The molecular weight excluding hydrogens is 759 g/mol. The van der Waals surface area contributed by atoms with Crippen LogP contribution in [0, 0.1) is 0 Å². The summed E-state index contributed by atoms with van der Waals surface area (Å²) in [6, 6.07) is 45.8. The average molecular weight is 805 g/mol. The summed E-state index contributed by atoms with van der Waals surface area (Å²) in [5.74, 6) is 0. The third-order valence-electron chi connectivity index (χ3n) is 12.1. The van der Waals surface area contributed by atoms with Crippen molar-refractivity contribution in [3.05, 3.63) is 156 Å². The van der Waals surface area contributed by atoms with Crippen LogP contribution in [0.25, 0.3) is 56.0 Å². The molecule has 2 atom stereocenters. The predicted octanol–water partition coefficient (Wildman–Crippen LogP) is 13.8. The Hall–Kier alpha value is -3.59. The Morgan fingerprint density at radius 2 is 0.896 bits per heavy atom. The fourth-order valence-corrected chi connectivity index (χ4v) is 82.3. The van der Waals surface area contributed by atoms with E-state index < -0.39 is 22.6 Å². The monoisotopic (exact) mass is 806 g/mol. The molecule has 0 saturated heterocycles. The molecule has 0 aliphatic heterocycles. The van der Waals surface area contributed by atoms with Crippen LogP contribution in [-0.2, 0) is 17.1 Å². The molecule has 2 aliphatic carbocycles. The summed E-state index contributed by atoms with van der Waals surface area (Å²) in [4.78, 5) is 0. The molecule has 0 nitrogen and oxygen atoms in total. The van der Waals surface area contributed by atoms with Gasteiger partial charge in [-0.25, -0.2) is 0 Å². The molecule has 0 fully saturated rings. The Morgan fingerprint density at radius 1 is 0.479 bits per heavy atom. The van der Waals surface area contributed by atoms with Crippen LogP contribution in [0.4, 0.5) is 0 Å². The molecule has 0 bridgehead atoms. The summed E-state index contributed by atoms with van der Waals surface area (Å²) in [6.45, 7) is 10.2. The van der Waals surface area contributed by atoms with E-state index in [-0.39, 0.29) is 0 Å². The van der Waals surface area contributed by atoms with Crippen LogP contribution < -0.4 is 0 Å². The Morgan fingerprint density at radius 3 is 1.31 bits per heavy atom. The average Bonchev–Trinajstić information content (AvgIpc) is 3.74. The van der Waals surface area contributed by atoms with Crippen molar-refractivity contribution in [2.45, 2.75) is 55.5 Å². The predicted molar refractivity (Wildman–Crippen MR) is 210 cm³/mol. The van der Waals surface area contributed by atoms with E-state index in [4.69, 9.17) is 0 Å². The summed E-state index contributed by atoms with van der Waals surface area (Å²) in [5, 5.41) is 5.22. The number of hydrogen-bond donors (Lipinski definition) is 0. The van der Waals surface area contributed by atoms with Crippen molar-refractivity contribution < 1.29 is 17.1 Å². The van der Waals surface area contributed by atoms with E-state index >= 15 is 0 Å². The standard InChI is InChI=1S/2C19H13.C6H14Si.2CH3.Hf/c2*1-2-6-16-13-17(12-11-14(16)5-1)19-10-4-8-15-7-3-9-18(15)19;1-5(2)7-6(3)4;;;/h2*1-13H;5-6H,1-4H3;2*1H3;. The van der Waals surface area contributed by atoms with E-state index in [1.165, 1.54) is 54.9 Å². The molecule has 6 aromatic carbocycles. The molecule has 0 heterocycles. The molecule has 8 rings (SSSR count). The maximum atomic E-state index is 2.89. The quantitative estimate of drug-likeness (QED) is 0.147. The molecule has 6 aromatic rings. The maximum absolute atomic E-state index is 4.02. The molecular formula is C46H46HfSi. The first-order valence-corrected chi connectivity index (χ1v) is 36.2. The Kier molecular flexibility index (Phi) is 7.77. The van der Waals surface area contributed by atoms with Crippen LogP contribution in [0.15, 0.2) is 133 Å². The third kappa shape index (κ3) is 4.85. The molecule has 0 N–H and O–H groups in total. The molecule has 2 aliphatic rings. The second-order valence-corrected chi connectivity index (χ2v) is 61.4. The van der Waals surface area contributed by atoms with E-state index in [1.807, 2.05) is 0 Å². The van der Waals surface area contributed by atoms with Gasteiger partial charge in [0.05, 0.1) is 0 Å². The van der Waals surface area contributed by atoms with Crippen molar-refractivity contribution in [1.29, 1.82) is 0 Å². The molecule has 0 spiro atoms. The molecule has 48 heavy (non-hydrogen) atoms. The zero-order valence-corrected chi connectivity index (χ0v) is 33.8. The first-order chi connectivity index (χ1) is 23.1. The number of allylic oxidation sites excluding steroid dienone is 2. The summed E-state index contributed by atoms with van der Waals surface area (Å²) in [7, 11) is 0. The van der Waals surface area contributed by atoms with Crippen molar-refractivity contribution >= 4 is 39.2 Å². The molecule has 0 amide bonds. The van der Waals surface area contributed by atoms with Gasteiger partial charge in [-0.2, -0.15) is 0 Å². The number of rotatable bonds is 6. The molecule has 2 unspecified atom stereocenters. The Bertz CT molecular complexity index is 2220. The summed E-state index contributed by atoms with van der Waals surface area (Å²) >= 11 is -4.02. The molecule has 0 saturated carbocycles. The van der Waals surface area contributed by atoms with E-state index in [0.717, 1.165) is 0 Å². The first-order valence-electron chi connectivity index (χ1n) is 17.8. The summed E-state index contributed by atoms with van der Waals surface area (Å²) < 4.78 is 6.82. The second kappa shape index (κ2) is 11.8. The van der Waals surface area contributed by atoms with E-state index in [9.17, 15) is 0 Å². The van der Waals surface area contributed by atoms with Gasteiger partial charge in [-0.15, -0.1) is 0 Å². The molecule has 2 heteroatoms. The van der Waals surface area contributed by atoms with Crippen LogP contribution in [-0.4, -0.2) is 5.49 Å². The SMILES string of the molecule is CC(C)[Si](C(C)C)=[Hf]([CH3])([CH3])([CH]1C=Cc2c(-c3ccc4ccccc4c3)cccc21)[CH]1C=Cc2c(-c3ccc4ccccc4c3)cccc21. The van der Waals surface area contributed by atoms with Gasteiger partial charge in [0.2, 0.25) is 0 Å². The van der Waals surface area contributed by atoms with E-state index in [0.29, 0.717) is 18.4 Å². The zero-order chi connectivity index (χ0) is 33.2. The number of fused-ring (bicyclic) bond motifs is 4. The van der Waals surface area contributed by atoms with Gasteiger partial charge in [0.15, 0.2) is 0 Å². The van der Waals surface area contributed by atoms with Gasteiger partial charge < -0.3 is 0 Å². The van der Waals surface area contributed by atoms with Gasteiger partial charge in [0.25, 0.3) is 0 Å². The minimum absolute atomic E-state index is 0.515. The third-order valence-corrected chi connectivity index (χ3v) is 70.9. The fraction of sp³-hybridized carbons (Fsp3) is 0.217. The van der Waals surface area contributed by atoms with E-state index in [2.05, 4.69) is 183 Å². The second-order valence-electron chi connectivity index (χ2n) is 15.8. The number of hydrogen-bond acceptors (Lipinski definition) is 0. The van der Waals surface area contributed by atoms with Gasteiger partial charge >= 0.3 is 290 Å². The van der Waals surface area contributed by atoms with Crippen LogP contribution >= 0.6 is 0 Å². The minimum atomic E-state index is -4.02. The van der Waals surface area contributed by atoms with E-state index in [1.54, 1.807) is 11.1 Å². The van der Waals surface area contributed by atoms with Gasteiger partial charge in [-0.1, -0.05) is 0 Å². The van der Waals surface area contributed by atoms with Crippen molar-refractivity contribution in [1.82, 2.24) is 0 Å². The fourth-order valence-electron chi connectivity index (χ4n) is 10.5.